The van der Waals surface area contributed by atoms with E-state index in [0.29, 0.717) is 14.7 Å². The van der Waals surface area contributed by atoms with Gasteiger partial charge in [-0.2, -0.15) is 0 Å². The van der Waals surface area contributed by atoms with Gasteiger partial charge in [0.05, 0.1) is 5.39 Å². The van der Waals surface area contributed by atoms with Crippen molar-refractivity contribution in [3.8, 4) is 0 Å². The Morgan fingerprint density at radius 3 is 2.73 bits per heavy atom. The van der Waals surface area contributed by atoms with Crippen LogP contribution in [0.2, 0.25) is 0 Å². The van der Waals surface area contributed by atoms with Crippen LogP contribution >= 0.6 is 11.3 Å². The molecular weight excluding hydrogens is 226 g/mol. The third-order valence-corrected chi connectivity index (χ3v) is 2.88. The zero-order valence-electron chi connectivity index (χ0n) is 7.49. The van der Waals surface area contributed by atoms with Gasteiger partial charge in [-0.05, 0) is 24.0 Å². The largest absolute Gasteiger partial charge is 0.497 e. The smallest absolute Gasteiger partial charge is 0.448 e. The topological polar surface area (TPSA) is 22.0 Å². The Kier molecular flexibility index (Phi) is 2.34. The van der Waals surface area contributed by atoms with Gasteiger partial charge in [-0.3, -0.25) is 4.79 Å². The highest BCUT2D eigenvalue weighted by Crippen LogP contribution is 2.17. The molecule has 0 aliphatic rings. The Morgan fingerprint density at radius 1 is 1.33 bits per heavy atom. The summed E-state index contributed by atoms with van der Waals surface area (Å²) in [6.07, 6.45) is 0.0149. The molecule has 80 valence electrons. The van der Waals surface area contributed by atoms with Gasteiger partial charge in [-0.15, -0.1) is 11.3 Å². The Bertz CT molecular complexity index is 545. The number of hydrogen-bond acceptors (Lipinski definition) is 2. The minimum absolute atomic E-state index is 0.350. The van der Waals surface area contributed by atoms with Gasteiger partial charge in [0.15, 0.2) is 0 Å². The maximum atomic E-state index is 12.2. The van der Waals surface area contributed by atoms with Crippen LogP contribution in [0.25, 0.3) is 10.1 Å². The molecule has 0 radical (unpaired) electrons. The van der Waals surface area contributed by atoms with Gasteiger partial charge < -0.3 is 17.5 Å². The first-order valence-corrected chi connectivity index (χ1v) is 5.13. The maximum absolute atomic E-state index is 12.2. The van der Waals surface area contributed by atoms with Crippen LogP contribution in [0.5, 0.6) is 0 Å². The molecule has 2 rings (SSSR count). The molecule has 2 nitrogen and oxygen atoms in total. The van der Waals surface area contributed by atoms with E-state index in [1.165, 1.54) is 23.6 Å². The van der Waals surface area contributed by atoms with E-state index in [1.807, 2.05) is 0 Å². The fourth-order valence-electron chi connectivity index (χ4n) is 1.37. The average molecular weight is 232 g/mol. The number of nitrogens with zero attached hydrogens (tertiary/aromatic N) is 1. The summed E-state index contributed by atoms with van der Waals surface area (Å²) >= 11 is 1.34. The van der Waals surface area contributed by atoms with Crippen molar-refractivity contribution < 1.29 is 12.9 Å². The average Bonchev–Trinajstić information content (AvgIpc) is 2.56. The van der Waals surface area contributed by atoms with Gasteiger partial charge in [-0.1, -0.05) is 0 Å². The van der Waals surface area contributed by atoms with Crippen molar-refractivity contribution >= 4 is 28.4 Å². The van der Waals surface area contributed by atoms with Crippen LogP contribution < -0.4 is 5.56 Å². The molecule has 15 heavy (non-hydrogen) atoms. The highest BCUT2D eigenvalue weighted by molar-refractivity contribution is 7.17. The third-order valence-electron chi connectivity index (χ3n) is 2.00. The lowest BCUT2D eigenvalue weighted by molar-refractivity contribution is 0.443. The lowest BCUT2D eigenvalue weighted by atomic mass is 9.92. The van der Waals surface area contributed by atoms with Crippen molar-refractivity contribution in [3.63, 3.8) is 0 Å². The van der Waals surface area contributed by atoms with Crippen molar-refractivity contribution in [1.29, 1.82) is 0 Å². The Hall–Kier alpha value is -1.24. The van der Waals surface area contributed by atoms with Gasteiger partial charge in [-0.25, -0.2) is 0 Å². The van der Waals surface area contributed by atoms with E-state index in [1.54, 1.807) is 11.4 Å². The van der Waals surface area contributed by atoms with E-state index < -0.39 is 19.0 Å². The molecular formula is C8H6BF3NOS-. The molecule has 0 N–H and O–H groups in total. The number of hydrogen-bond donors (Lipinski definition) is 0. The predicted molar refractivity (Wildman–Crippen MR) is 55.2 cm³/mol. The van der Waals surface area contributed by atoms with Gasteiger partial charge >= 0.3 is 6.98 Å². The molecule has 2 heterocycles. The summed E-state index contributed by atoms with van der Waals surface area (Å²) in [5.74, 6) is 0. The van der Waals surface area contributed by atoms with Crippen LogP contribution in [0.4, 0.5) is 12.9 Å². The zero-order valence-corrected chi connectivity index (χ0v) is 8.31. The molecule has 2 aromatic heterocycles. The molecule has 7 heteroatoms. The van der Waals surface area contributed by atoms with E-state index in [9.17, 15) is 17.7 Å². The molecule has 0 unspecified atom stereocenters. The predicted octanol–water partition coefficient (Wildman–Crippen LogP) is 2.45. The van der Waals surface area contributed by atoms with Crippen molar-refractivity contribution in [2.75, 3.05) is 0 Å². The minimum atomic E-state index is -4.98. The second-order valence-electron chi connectivity index (χ2n) is 3.18. The second kappa shape index (κ2) is 3.41. The molecule has 0 saturated carbocycles. The van der Waals surface area contributed by atoms with Gasteiger partial charge in [0, 0.05) is 10.9 Å². The summed E-state index contributed by atoms with van der Waals surface area (Å²) < 4.78 is 37.9. The van der Waals surface area contributed by atoms with E-state index in [2.05, 4.69) is 0 Å². The number of fused-ring (bicyclic) bond motifs is 1. The van der Waals surface area contributed by atoms with Crippen molar-refractivity contribution in [2.24, 2.45) is 0 Å². The molecule has 0 spiro atoms. The minimum Gasteiger partial charge on any atom is -0.448 e. The van der Waals surface area contributed by atoms with E-state index >= 15 is 0 Å². The maximum Gasteiger partial charge on any atom is 0.497 e. The van der Waals surface area contributed by atoms with Gasteiger partial charge in [0.2, 0.25) is 0 Å². The van der Waals surface area contributed by atoms with Gasteiger partial charge in [0.1, 0.15) is 0 Å². The van der Waals surface area contributed by atoms with Crippen LogP contribution in [0.1, 0.15) is 0 Å². The van der Waals surface area contributed by atoms with Crippen molar-refractivity contribution in [3.05, 3.63) is 34.1 Å². The Balaban J connectivity index is 2.53. The Labute approximate surface area is 87.0 Å². The van der Waals surface area contributed by atoms with E-state index in [4.69, 9.17) is 0 Å². The first kappa shape index (κ1) is 10.3. The zero-order chi connectivity index (χ0) is 11.1. The molecule has 0 atom stereocenters. The standard InChI is InChI=1S/C8H6BF3NOS/c10-9(11,12)5-13-3-1-7-6(8(13)14)2-4-15-7/h1-4H,5H2/q-1. The van der Waals surface area contributed by atoms with Crippen LogP contribution in [0.3, 0.4) is 0 Å². The van der Waals surface area contributed by atoms with Crippen molar-refractivity contribution in [2.45, 2.75) is 6.44 Å². The summed E-state index contributed by atoms with van der Waals surface area (Å²) in [5, 5.41) is 2.04. The highest BCUT2D eigenvalue weighted by Gasteiger charge is 2.24. The first-order chi connectivity index (χ1) is 6.97. The SMILES string of the molecule is O=c1c2ccsc2ccn1C[B-](F)(F)F. The number of halogens is 3. The number of thiophene rings is 1. The normalized spacial score (nSPS) is 12.2. The number of rotatable bonds is 2. The van der Waals surface area contributed by atoms with Crippen molar-refractivity contribution in [1.82, 2.24) is 4.57 Å². The summed E-state index contributed by atoms with van der Waals surface area (Å²) in [7, 11) is 0. The lowest BCUT2D eigenvalue weighted by Gasteiger charge is -2.15. The monoisotopic (exact) mass is 232 g/mol. The lowest BCUT2D eigenvalue weighted by Crippen LogP contribution is -2.31. The highest BCUT2D eigenvalue weighted by atomic mass is 32.1. The van der Waals surface area contributed by atoms with E-state index in [-0.39, 0.29) is 0 Å². The third kappa shape index (κ3) is 2.06. The molecule has 0 fully saturated rings. The molecule has 0 aliphatic carbocycles. The van der Waals surface area contributed by atoms with Crippen LogP contribution in [0, 0.1) is 0 Å². The molecule has 0 bridgehead atoms. The molecule has 0 aliphatic heterocycles. The molecule has 2 aromatic rings. The number of pyridine rings is 1. The fraction of sp³-hybridized carbons (Fsp3) is 0.125. The molecule has 0 saturated heterocycles. The molecule has 0 aromatic carbocycles. The summed E-state index contributed by atoms with van der Waals surface area (Å²) in [5.41, 5.74) is -0.576. The fourth-order valence-corrected chi connectivity index (χ4v) is 2.15. The van der Waals surface area contributed by atoms with Crippen LogP contribution in [0.15, 0.2) is 28.5 Å². The summed E-state index contributed by atoms with van der Waals surface area (Å²) in [4.78, 5) is 11.5. The van der Waals surface area contributed by atoms with Crippen LogP contribution in [-0.2, 0) is 6.44 Å². The molecule has 0 amide bonds. The number of aromatic nitrogens is 1. The summed E-state index contributed by atoms with van der Waals surface area (Å²) in [6.45, 7) is -4.98. The summed E-state index contributed by atoms with van der Waals surface area (Å²) in [6, 6.07) is 3.07. The van der Waals surface area contributed by atoms with E-state index in [0.717, 1.165) is 0 Å². The van der Waals surface area contributed by atoms with Crippen LogP contribution in [-0.4, -0.2) is 11.5 Å². The second-order valence-corrected chi connectivity index (χ2v) is 4.13. The first-order valence-electron chi connectivity index (χ1n) is 4.25. The quantitative estimate of drug-likeness (QED) is 0.729. The Morgan fingerprint density at radius 2 is 2.07 bits per heavy atom. The van der Waals surface area contributed by atoms with Gasteiger partial charge in [0.25, 0.3) is 5.56 Å².